The minimum absolute atomic E-state index is 0.226. The van der Waals surface area contributed by atoms with Gasteiger partial charge in [0.2, 0.25) is 5.91 Å². The second kappa shape index (κ2) is 7.86. The number of piperidine rings is 1. The number of hydrogen-bond acceptors (Lipinski definition) is 5. The van der Waals surface area contributed by atoms with Gasteiger partial charge in [-0.2, -0.15) is 0 Å². The molecule has 2 aliphatic rings. The van der Waals surface area contributed by atoms with Crippen molar-refractivity contribution in [2.45, 2.75) is 50.7 Å². The third-order valence-electron chi connectivity index (χ3n) is 5.74. The number of rotatable bonds is 5. The van der Waals surface area contributed by atoms with E-state index in [1.165, 1.54) is 43.9 Å². The normalized spacial score (nSPS) is 23.0. The monoisotopic (exact) mass is 374 g/mol. The van der Waals surface area contributed by atoms with Crippen molar-refractivity contribution in [2.75, 3.05) is 18.8 Å². The molecule has 0 spiro atoms. The molecule has 0 unspecified atom stereocenters. The van der Waals surface area contributed by atoms with Crippen LogP contribution in [0.1, 0.15) is 39.0 Å². The van der Waals surface area contributed by atoms with Crippen LogP contribution in [0.3, 0.4) is 0 Å². The molecule has 1 saturated heterocycles. The molecule has 0 bridgehead atoms. The van der Waals surface area contributed by atoms with Gasteiger partial charge in [-0.3, -0.25) is 9.36 Å². The van der Waals surface area contributed by atoms with Crippen LogP contribution in [0.2, 0.25) is 0 Å². The topological polar surface area (TPSA) is 64.2 Å². The lowest BCUT2D eigenvalue weighted by Crippen LogP contribution is -2.45. The highest BCUT2D eigenvalue weighted by Gasteiger charge is 2.32. The van der Waals surface area contributed by atoms with Crippen molar-refractivity contribution in [2.24, 2.45) is 11.8 Å². The predicted octanol–water partition coefficient (Wildman–Crippen LogP) is 3.69. The minimum atomic E-state index is 0.226. The zero-order chi connectivity index (χ0) is 17.9. The van der Waals surface area contributed by atoms with Crippen molar-refractivity contribution < 1.29 is 9.21 Å². The number of carbonyl (C=O) groups is 1. The molecule has 26 heavy (non-hydrogen) atoms. The highest BCUT2D eigenvalue weighted by Crippen LogP contribution is 2.36. The third-order valence-corrected chi connectivity index (χ3v) is 6.69. The maximum absolute atomic E-state index is 12.7. The van der Waals surface area contributed by atoms with Crippen LogP contribution in [-0.4, -0.2) is 44.4 Å². The van der Waals surface area contributed by atoms with E-state index in [2.05, 4.69) is 22.0 Å². The van der Waals surface area contributed by atoms with E-state index in [0.717, 1.165) is 42.5 Å². The largest absolute Gasteiger partial charge is 0.461 e. The smallest absolute Gasteiger partial charge is 0.233 e. The number of thioether (sulfide) groups is 1. The van der Waals surface area contributed by atoms with E-state index in [4.69, 9.17) is 4.42 Å². The van der Waals surface area contributed by atoms with Gasteiger partial charge >= 0.3 is 0 Å². The summed E-state index contributed by atoms with van der Waals surface area (Å²) in [6, 6.07) is 3.72. The number of nitrogens with zero attached hydrogens (tertiary/aromatic N) is 4. The predicted molar refractivity (Wildman–Crippen MR) is 101 cm³/mol. The highest BCUT2D eigenvalue weighted by molar-refractivity contribution is 7.99. The van der Waals surface area contributed by atoms with E-state index in [1.54, 1.807) is 6.26 Å². The maximum atomic E-state index is 12.7. The Balaban J connectivity index is 1.37. The van der Waals surface area contributed by atoms with Crippen LogP contribution in [0.4, 0.5) is 0 Å². The summed E-state index contributed by atoms with van der Waals surface area (Å²) in [5.41, 5.74) is 0. The van der Waals surface area contributed by atoms with Gasteiger partial charge in [-0.15, -0.1) is 10.2 Å². The Morgan fingerprint density at radius 3 is 2.88 bits per heavy atom. The fourth-order valence-corrected chi connectivity index (χ4v) is 5.22. The Kier molecular flexibility index (Phi) is 5.33. The highest BCUT2D eigenvalue weighted by atomic mass is 32.2. The summed E-state index contributed by atoms with van der Waals surface area (Å²) in [6.07, 6.45) is 8.15. The van der Waals surface area contributed by atoms with E-state index in [-0.39, 0.29) is 5.91 Å². The molecule has 3 heterocycles. The summed E-state index contributed by atoms with van der Waals surface area (Å²) >= 11 is 1.48. The first-order valence-corrected chi connectivity index (χ1v) is 10.6. The molecule has 6 nitrogen and oxygen atoms in total. The van der Waals surface area contributed by atoms with E-state index in [1.807, 2.05) is 16.7 Å². The SMILES string of the molecule is CCn1c(SCC(=O)N2CC[C@@H]3CCCC[C@@H]3C2)nnc1-c1ccco1. The van der Waals surface area contributed by atoms with Gasteiger partial charge in [0.15, 0.2) is 16.7 Å². The lowest BCUT2D eigenvalue weighted by molar-refractivity contribution is -0.131. The Bertz CT molecular complexity index is 743. The molecule has 0 aromatic carbocycles. The molecule has 7 heteroatoms. The second-order valence-corrected chi connectivity index (χ2v) is 8.19. The average molecular weight is 375 g/mol. The van der Waals surface area contributed by atoms with Crippen molar-refractivity contribution >= 4 is 17.7 Å². The molecule has 1 amide bonds. The summed E-state index contributed by atoms with van der Waals surface area (Å²) in [6.45, 7) is 4.66. The van der Waals surface area contributed by atoms with Gasteiger partial charge in [-0.05, 0) is 43.7 Å². The van der Waals surface area contributed by atoms with Crippen LogP contribution in [-0.2, 0) is 11.3 Å². The first-order valence-electron chi connectivity index (χ1n) is 9.64. The molecule has 140 valence electrons. The second-order valence-electron chi connectivity index (χ2n) is 7.25. The summed E-state index contributed by atoms with van der Waals surface area (Å²) in [5.74, 6) is 3.64. The van der Waals surface area contributed by atoms with Crippen molar-refractivity contribution in [1.29, 1.82) is 0 Å². The molecule has 2 aromatic heterocycles. The number of fused-ring (bicyclic) bond motifs is 1. The molecule has 2 aromatic rings. The Hall–Kier alpha value is -1.76. The molecule has 1 saturated carbocycles. The molecule has 2 atom stereocenters. The lowest BCUT2D eigenvalue weighted by Gasteiger charge is -2.41. The molecule has 0 N–H and O–H groups in total. The summed E-state index contributed by atoms with van der Waals surface area (Å²) in [4.78, 5) is 14.8. The van der Waals surface area contributed by atoms with Crippen LogP contribution >= 0.6 is 11.8 Å². The Labute approximate surface area is 158 Å². The number of hydrogen-bond donors (Lipinski definition) is 0. The molecular formula is C19H26N4O2S. The number of aromatic nitrogens is 3. The number of carbonyl (C=O) groups excluding carboxylic acids is 1. The average Bonchev–Trinajstić information content (AvgIpc) is 3.34. The summed E-state index contributed by atoms with van der Waals surface area (Å²) in [5, 5.41) is 9.30. The standard InChI is InChI=1S/C19H26N4O2S/c1-2-23-18(16-8-5-11-25-16)20-21-19(23)26-13-17(24)22-10-9-14-6-3-4-7-15(14)12-22/h5,8,11,14-15H,2-4,6-7,9-10,12-13H2,1H3/t14-,15+/m0/s1. The fraction of sp³-hybridized carbons (Fsp3) is 0.632. The van der Waals surface area contributed by atoms with Gasteiger partial charge in [0.05, 0.1) is 12.0 Å². The van der Waals surface area contributed by atoms with Gasteiger partial charge in [-0.1, -0.05) is 31.0 Å². The zero-order valence-electron chi connectivity index (χ0n) is 15.3. The number of amides is 1. The van der Waals surface area contributed by atoms with E-state index in [0.29, 0.717) is 11.5 Å². The molecule has 2 fully saturated rings. The fourth-order valence-electron chi connectivity index (χ4n) is 4.31. The van der Waals surface area contributed by atoms with Crippen LogP contribution in [0.15, 0.2) is 28.0 Å². The Morgan fingerprint density at radius 1 is 1.27 bits per heavy atom. The molecule has 4 rings (SSSR count). The van der Waals surface area contributed by atoms with Crippen LogP contribution in [0.25, 0.3) is 11.6 Å². The van der Waals surface area contributed by atoms with Gasteiger partial charge < -0.3 is 9.32 Å². The van der Waals surface area contributed by atoms with Gasteiger partial charge in [-0.25, -0.2) is 0 Å². The van der Waals surface area contributed by atoms with Crippen molar-refractivity contribution in [3.05, 3.63) is 18.4 Å². The van der Waals surface area contributed by atoms with Crippen molar-refractivity contribution in [3.63, 3.8) is 0 Å². The van der Waals surface area contributed by atoms with Gasteiger partial charge in [0.25, 0.3) is 0 Å². The first kappa shape index (κ1) is 17.6. The summed E-state index contributed by atoms with van der Waals surface area (Å²) in [7, 11) is 0. The van der Waals surface area contributed by atoms with Crippen LogP contribution in [0.5, 0.6) is 0 Å². The minimum Gasteiger partial charge on any atom is -0.461 e. The lowest BCUT2D eigenvalue weighted by atomic mass is 9.75. The quantitative estimate of drug-likeness (QED) is 0.747. The van der Waals surface area contributed by atoms with E-state index < -0.39 is 0 Å². The van der Waals surface area contributed by atoms with E-state index >= 15 is 0 Å². The molecule has 1 aliphatic carbocycles. The maximum Gasteiger partial charge on any atom is 0.233 e. The molecule has 0 radical (unpaired) electrons. The van der Waals surface area contributed by atoms with Gasteiger partial charge in [0, 0.05) is 19.6 Å². The number of likely N-dealkylation sites (tertiary alicyclic amines) is 1. The first-order chi connectivity index (χ1) is 12.8. The van der Waals surface area contributed by atoms with Crippen LogP contribution < -0.4 is 0 Å². The van der Waals surface area contributed by atoms with Gasteiger partial charge in [0.1, 0.15) is 0 Å². The van der Waals surface area contributed by atoms with Crippen LogP contribution in [0, 0.1) is 11.8 Å². The zero-order valence-corrected chi connectivity index (χ0v) is 16.1. The van der Waals surface area contributed by atoms with E-state index in [9.17, 15) is 4.79 Å². The van der Waals surface area contributed by atoms with Crippen molar-refractivity contribution in [3.8, 4) is 11.6 Å². The molecule has 1 aliphatic heterocycles. The Morgan fingerprint density at radius 2 is 2.12 bits per heavy atom. The third kappa shape index (κ3) is 3.54. The summed E-state index contributed by atoms with van der Waals surface area (Å²) < 4.78 is 7.44. The van der Waals surface area contributed by atoms with Crippen molar-refractivity contribution in [1.82, 2.24) is 19.7 Å². The number of furan rings is 1. The molecular weight excluding hydrogens is 348 g/mol.